The summed E-state index contributed by atoms with van der Waals surface area (Å²) in [7, 11) is 0. The summed E-state index contributed by atoms with van der Waals surface area (Å²) < 4.78 is 0. The Hall–Kier alpha value is -0.530. The molecule has 1 aliphatic heterocycles. The maximum Gasteiger partial charge on any atom is 0.226 e. The van der Waals surface area contributed by atoms with Crippen molar-refractivity contribution in [1.29, 1.82) is 0 Å². The molecule has 2 heteroatoms. The zero-order valence-electron chi connectivity index (χ0n) is 10.0. The Morgan fingerprint density at radius 2 is 1.47 bits per heavy atom. The SMILES string of the molecule is CC1CCC(C)N1C(=O)C1CCCCC1. The molecule has 0 spiro atoms. The first kappa shape index (κ1) is 11.0. The Morgan fingerprint density at radius 1 is 0.933 bits per heavy atom. The molecule has 1 saturated heterocycles. The van der Waals surface area contributed by atoms with Crippen LogP contribution in [0.1, 0.15) is 58.8 Å². The second kappa shape index (κ2) is 4.54. The van der Waals surface area contributed by atoms with Crippen molar-refractivity contribution in [2.75, 3.05) is 0 Å². The van der Waals surface area contributed by atoms with Gasteiger partial charge in [0.2, 0.25) is 5.91 Å². The summed E-state index contributed by atoms with van der Waals surface area (Å²) in [6.45, 7) is 4.40. The molecule has 1 saturated carbocycles. The standard InChI is InChI=1S/C13H23NO/c1-10-8-9-11(2)14(10)13(15)12-6-4-3-5-7-12/h10-12H,3-9H2,1-2H3. The average Bonchev–Trinajstić information content (AvgIpc) is 2.59. The van der Waals surface area contributed by atoms with Crippen LogP contribution in [0.25, 0.3) is 0 Å². The number of hydrogen-bond donors (Lipinski definition) is 0. The molecule has 2 atom stereocenters. The third-order valence-corrected chi connectivity index (χ3v) is 4.16. The van der Waals surface area contributed by atoms with Crippen molar-refractivity contribution in [1.82, 2.24) is 4.90 Å². The minimum atomic E-state index is 0.349. The van der Waals surface area contributed by atoms with E-state index < -0.39 is 0 Å². The van der Waals surface area contributed by atoms with Gasteiger partial charge in [-0.2, -0.15) is 0 Å². The second-order valence-electron chi connectivity index (χ2n) is 5.36. The van der Waals surface area contributed by atoms with Crippen molar-refractivity contribution in [3.05, 3.63) is 0 Å². The minimum Gasteiger partial charge on any atom is -0.337 e. The maximum absolute atomic E-state index is 12.3. The van der Waals surface area contributed by atoms with E-state index in [1.165, 1.54) is 32.1 Å². The highest BCUT2D eigenvalue weighted by Gasteiger charge is 2.35. The highest BCUT2D eigenvalue weighted by atomic mass is 16.2. The first-order chi connectivity index (χ1) is 7.20. The van der Waals surface area contributed by atoms with Gasteiger partial charge in [-0.05, 0) is 39.5 Å². The molecule has 2 rings (SSSR count). The van der Waals surface area contributed by atoms with Gasteiger partial charge in [0.15, 0.2) is 0 Å². The van der Waals surface area contributed by atoms with Crippen LogP contribution < -0.4 is 0 Å². The van der Waals surface area contributed by atoms with Crippen LogP contribution in [0, 0.1) is 5.92 Å². The van der Waals surface area contributed by atoms with Crippen LogP contribution in [0.5, 0.6) is 0 Å². The average molecular weight is 209 g/mol. The molecule has 86 valence electrons. The van der Waals surface area contributed by atoms with Crippen molar-refractivity contribution in [2.24, 2.45) is 5.92 Å². The Labute approximate surface area is 93.0 Å². The van der Waals surface area contributed by atoms with Crippen LogP contribution in [0.2, 0.25) is 0 Å². The summed E-state index contributed by atoms with van der Waals surface area (Å²) >= 11 is 0. The molecule has 2 unspecified atom stereocenters. The zero-order chi connectivity index (χ0) is 10.8. The molecule has 2 aliphatic rings. The van der Waals surface area contributed by atoms with E-state index in [4.69, 9.17) is 0 Å². The molecule has 1 heterocycles. The lowest BCUT2D eigenvalue weighted by Gasteiger charge is -2.32. The highest BCUT2D eigenvalue weighted by molar-refractivity contribution is 5.79. The number of likely N-dealkylation sites (tertiary alicyclic amines) is 1. The quantitative estimate of drug-likeness (QED) is 0.650. The number of carbonyl (C=O) groups excluding carboxylic acids is 1. The molecule has 0 aromatic rings. The lowest BCUT2D eigenvalue weighted by Crippen LogP contribution is -2.42. The van der Waals surface area contributed by atoms with E-state index in [0.29, 0.717) is 23.9 Å². The summed E-state index contributed by atoms with van der Waals surface area (Å²) in [5.74, 6) is 0.800. The van der Waals surface area contributed by atoms with E-state index in [9.17, 15) is 4.79 Å². The van der Waals surface area contributed by atoms with Crippen molar-refractivity contribution in [3.63, 3.8) is 0 Å². The zero-order valence-corrected chi connectivity index (χ0v) is 10.0. The molecular formula is C13H23NO. The molecule has 1 aliphatic carbocycles. The molecule has 0 bridgehead atoms. The summed E-state index contributed by atoms with van der Waals surface area (Å²) in [5, 5.41) is 0. The fraction of sp³-hybridized carbons (Fsp3) is 0.923. The van der Waals surface area contributed by atoms with Crippen LogP contribution >= 0.6 is 0 Å². The molecule has 0 aromatic carbocycles. The van der Waals surface area contributed by atoms with Gasteiger partial charge in [-0.1, -0.05) is 19.3 Å². The van der Waals surface area contributed by atoms with Gasteiger partial charge in [0.1, 0.15) is 0 Å². The van der Waals surface area contributed by atoms with Crippen LogP contribution in [-0.4, -0.2) is 22.9 Å². The maximum atomic E-state index is 12.3. The summed E-state index contributed by atoms with van der Waals surface area (Å²) in [6, 6.07) is 0.962. The van der Waals surface area contributed by atoms with Crippen molar-refractivity contribution in [3.8, 4) is 0 Å². The van der Waals surface area contributed by atoms with Crippen LogP contribution in [-0.2, 0) is 4.79 Å². The molecule has 2 fully saturated rings. The lowest BCUT2D eigenvalue weighted by molar-refractivity contribution is -0.138. The van der Waals surface area contributed by atoms with Gasteiger partial charge in [0.05, 0.1) is 0 Å². The van der Waals surface area contributed by atoms with E-state index in [2.05, 4.69) is 18.7 Å². The molecule has 15 heavy (non-hydrogen) atoms. The van der Waals surface area contributed by atoms with Crippen LogP contribution in [0.15, 0.2) is 0 Å². The van der Waals surface area contributed by atoms with E-state index in [-0.39, 0.29) is 0 Å². The van der Waals surface area contributed by atoms with E-state index in [1.54, 1.807) is 0 Å². The van der Waals surface area contributed by atoms with Gasteiger partial charge in [-0.3, -0.25) is 4.79 Å². The predicted molar refractivity (Wildman–Crippen MR) is 61.6 cm³/mol. The van der Waals surface area contributed by atoms with Gasteiger partial charge < -0.3 is 4.90 Å². The van der Waals surface area contributed by atoms with Gasteiger partial charge in [-0.25, -0.2) is 0 Å². The van der Waals surface area contributed by atoms with Gasteiger partial charge >= 0.3 is 0 Å². The Balaban J connectivity index is 1.99. The normalized spacial score (nSPS) is 33.3. The largest absolute Gasteiger partial charge is 0.337 e. The number of hydrogen-bond acceptors (Lipinski definition) is 1. The number of carbonyl (C=O) groups is 1. The van der Waals surface area contributed by atoms with Gasteiger partial charge in [-0.15, -0.1) is 0 Å². The first-order valence-corrected chi connectivity index (χ1v) is 6.52. The summed E-state index contributed by atoms with van der Waals surface area (Å²) in [5.41, 5.74) is 0. The third kappa shape index (κ3) is 2.19. The number of amides is 1. The molecule has 1 amide bonds. The smallest absolute Gasteiger partial charge is 0.226 e. The monoisotopic (exact) mass is 209 g/mol. The fourth-order valence-electron chi connectivity index (χ4n) is 3.19. The van der Waals surface area contributed by atoms with E-state index in [1.807, 2.05) is 0 Å². The van der Waals surface area contributed by atoms with E-state index >= 15 is 0 Å². The topological polar surface area (TPSA) is 20.3 Å². The fourth-order valence-corrected chi connectivity index (χ4v) is 3.19. The molecule has 0 aromatic heterocycles. The summed E-state index contributed by atoms with van der Waals surface area (Å²) in [6.07, 6.45) is 8.50. The predicted octanol–water partition coefficient (Wildman–Crippen LogP) is 2.97. The lowest BCUT2D eigenvalue weighted by atomic mass is 9.88. The molecule has 2 nitrogen and oxygen atoms in total. The second-order valence-corrected chi connectivity index (χ2v) is 5.36. The van der Waals surface area contributed by atoms with Crippen LogP contribution in [0.3, 0.4) is 0 Å². The van der Waals surface area contributed by atoms with Crippen molar-refractivity contribution in [2.45, 2.75) is 70.9 Å². The molecular weight excluding hydrogens is 186 g/mol. The third-order valence-electron chi connectivity index (χ3n) is 4.16. The van der Waals surface area contributed by atoms with Crippen molar-refractivity contribution < 1.29 is 4.79 Å². The number of rotatable bonds is 1. The molecule has 0 radical (unpaired) electrons. The highest BCUT2D eigenvalue weighted by Crippen LogP contribution is 2.31. The Bertz CT molecular complexity index is 223. The summed E-state index contributed by atoms with van der Waals surface area (Å²) in [4.78, 5) is 14.5. The Morgan fingerprint density at radius 3 is 2.00 bits per heavy atom. The number of nitrogens with zero attached hydrogens (tertiary/aromatic N) is 1. The van der Waals surface area contributed by atoms with Gasteiger partial charge in [0, 0.05) is 18.0 Å². The Kier molecular flexibility index (Phi) is 3.32. The van der Waals surface area contributed by atoms with Crippen molar-refractivity contribution >= 4 is 5.91 Å². The minimum absolute atomic E-state index is 0.349. The molecule has 0 N–H and O–H groups in total. The first-order valence-electron chi connectivity index (χ1n) is 6.52. The van der Waals surface area contributed by atoms with E-state index in [0.717, 1.165) is 12.8 Å². The van der Waals surface area contributed by atoms with Gasteiger partial charge in [0.25, 0.3) is 0 Å². The van der Waals surface area contributed by atoms with Crippen LogP contribution in [0.4, 0.5) is 0 Å².